The van der Waals surface area contributed by atoms with Crippen LogP contribution in [0, 0.1) is 0 Å². The van der Waals surface area contributed by atoms with E-state index in [1.165, 1.54) is 15.9 Å². The third kappa shape index (κ3) is 1.78. The Labute approximate surface area is 73.3 Å². The first-order valence-corrected chi connectivity index (χ1v) is 5.27. The summed E-state index contributed by atoms with van der Waals surface area (Å²) >= 11 is 0. The number of rotatable bonds is 0. The Morgan fingerprint density at radius 2 is 2.00 bits per heavy atom. The Balaban J connectivity index is 3.01. The van der Waals surface area contributed by atoms with Gasteiger partial charge >= 0.3 is 0 Å². The third-order valence-corrected chi connectivity index (χ3v) is 3.42. The number of nitrogens with one attached hydrogen (secondary N) is 1. The van der Waals surface area contributed by atoms with Crippen LogP contribution in [-0.4, -0.2) is 24.9 Å². The fourth-order valence-electron chi connectivity index (χ4n) is 1.05. The molecule has 1 aliphatic heterocycles. The van der Waals surface area contributed by atoms with Gasteiger partial charge in [0.2, 0.25) is 10.0 Å². The Morgan fingerprint density at radius 1 is 1.42 bits per heavy atom. The van der Waals surface area contributed by atoms with Crippen LogP contribution in [0.15, 0.2) is 11.6 Å². The summed E-state index contributed by atoms with van der Waals surface area (Å²) in [6.45, 7) is 5.95. The van der Waals surface area contributed by atoms with Crippen LogP contribution in [-0.2, 0) is 10.0 Å². The van der Waals surface area contributed by atoms with Gasteiger partial charge in [-0.1, -0.05) is 0 Å². The van der Waals surface area contributed by atoms with Gasteiger partial charge in [-0.2, -0.15) is 4.31 Å². The summed E-state index contributed by atoms with van der Waals surface area (Å²) < 4.78 is 24.3. The summed E-state index contributed by atoms with van der Waals surface area (Å²) in [6.07, 6.45) is 1.46. The number of hydrogen-bond donors (Lipinski definition) is 1. The first-order chi connectivity index (χ1) is 5.34. The van der Waals surface area contributed by atoms with Crippen molar-refractivity contribution >= 4 is 10.0 Å². The Kier molecular flexibility index (Phi) is 2.18. The Hall–Kier alpha value is -0.550. The van der Waals surface area contributed by atoms with Gasteiger partial charge in [0.15, 0.2) is 0 Å². The van der Waals surface area contributed by atoms with E-state index in [1.54, 1.807) is 0 Å². The summed E-state index contributed by atoms with van der Waals surface area (Å²) in [7, 11) is -3.19. The average molecular weight is 190 g/mol. The monoisotopic (exact) mass is 190 g/mol. The van der Waals surface area contributed by atoms with Crippen molar-refractivity contribution in [3.8, 4) is 0 Å². The lowest BCUT2D eigenvalue weighted by molar-refractivity contribution is 0.242. The molecule has 0 saturated heterocycles. The van der Waals surface area contributed by atoms with Crippen molar-refractivity contribution in [2.75, 3.05) is 6.67 Å². The first kappa shape index (κ1) is 9.54. The molecule has 0 radical (unpaired) electrons. The molecule has 4 nitrogen and oxygen atoms in total. The fraction of sp³-hybridized carbons (Fsp3) is 0.714. The van der Waals surface area contributed by atoms with Gasteiger partial charge in [-0.3, -0.25) is 0 Å². The molecule has 0 aliphatic carbocycles. The van der Waals surface area contributed by atoms with Gasteiger partial charge in [-0.05, 0) is 20.8 Å². The van der Waals surface area contributed by atoms with Gasteiger partial charge in [0.25, 0.3) is 0 Å². The first-order valence-electron chi connectivity index (χ1n) is 3.77. The second-order valence-electron chi connectivity index (χ2n) is 3.73. The van der Waals surface area contributed by atoms with Gasteiger partial charge in [-0.25, -0.2) is 8.42 Å². The molecule has 1 rings (SSSR count). The van der Waals surface area contributed by atoms with Gasteiger partial charge < -0.3 is 5.32 Å². The molecule has 0 atom stereocenters. The normalized spacial score (nSPS) is 23.6. The lowest BCUT2D eigenvalue weighted by Crippen LogP contribution is -2.50. The smallest absolute Gasteiger partial charge is 0.239 e. The zero-order valence-electron chi connectivity index (χ0n) is 7.53. The zero-order chi connectivity index (χ0) is 9.41. The molecular weight excluding hydrogens is 176 g/mol. The molecule has 1 heterocycles. The predicted molar refractivity (Wildman–Crippen MR) is 47.7 cm³/mol. The Morgan fingerprint density at radius 3 is 2.33 bits per heavy atom. The second-order valence-corrected chi connectivity index (χ2v) is 5.47. The molecule has 1 aliphatic rings. The molecular formula is C7H14N2O2S. The highest BCUT2D eigenvalue weighted by molar-refractivity contribution is 7.92. The van der Waals surface area contributed by atoms with E-state index in [1.807, 2.05) is 20.8 Å². The fourth-order valence-corrected chi connectivity index (χ4v) is 2.49. The number of nitrogens with zero attached hydrogens (tertiary/aromatic N) is 1. The van der Waals surface area contributed by atoms with Gasteiger partial charge in [-0.15, -0.1) is 0 Å². The summed E-state index contributed by atoms with van der Waals surface area (Å²) in [4.78, 5) is 0. The van der Waals surface area contributed by atoms with Crippen molar-refractivity contribution in [2.24, 2.45) is 0 Å². The highest BCUT2D eigenvalue weighted by atomic mass is 32.2. The van der Waals surface area contributed by atoms with Crippen LogP contribution in [0.2, 0.25) is 0 Å². The molecule has 0 saturated carbocycles. The second kappa shape index (κ2) is 2.74. The maximum absolute atomic E-state index is 11.4. The minimum absolute atomic E-state index is 0.350. The van der Waals surface area contributed by atoms with Crippen molar-refractivity contribution < 1.29 is 8.42 Å². The van der Waals surface area contributed by atoms with E-state index in [0.717, 1.165) is 0 Å². The number of sulfonamides is 1. The molecule has 0 unspecified atom stereocenters. The molecule has 12 heavy (non-hydrogen) atoms. The molecule has 0 aromatic rings. The highest BCUT2D eigenvalue weighted by Gasteiger charge is 2.32. The van der Waals surface area contributed by atoms with Crippen molar-refractivity contribution in [3.63, 3.8) is 0 Å². The molecule has 1 N–H and O–H groups in total. The van der Waals surface area contributed by atoms with Crippen molar-refractivity contribution in [2.45, 2.75) is 26.3 Å². The summed E-state index contributed by atoms with van der Waals surface area (Å²) in [5.74, 6) is 0. The summed E-state index contributed by atoms with van der Waals surface area (Å²) in [5, 5.41) is 4.05. The number of hydrogen-bond acceptors (Lipinski definition) is 3. The SMILES string of the molecule is CC(C)(C)N1CNC=CS1(=O)=O. The van der Waals surface area contributed by atoms with E-state index in [9.17, 15) is 8.42 Å². The van der Waals surface area contributed by atoms with Crippen LogP contribution in [0.25, 0.3) is 0 Å². The van der Waals surface area contributed by atoms with E-state index in [-0.39, 0.29) is 5.54 Å². The minimum atomic E-state index is -3.19. The molecule has 0 aromatic heterocycles. The topological polar surface area (TPSA) is 49.4 Å². The van der Waals surface area contributed by atoms with Crippen LogP contribution >= 0.6 is 0 Å². The van der Waals surface area contributed by atoms with E-state index >= 15 is 0 Å². The summed E-state index contributed by atoms with van der Waals surface area (Å²) in [5.41, 5.74) is -0.364. The molecule has 0 fully saturated rings. The molecule has 5 heteroatoms. The lowest BCUT2D eigenvalue weighted by atomic mass is 10.1. The maximum atomic E-state index is 11.4. The standard InChI is InChI=1S/C7H14N2O2S/c1-7(2,3)9-6-8-4-5-12(9,10)11/h4-5,8H,6H2,1-3H3. The van der Waals surface area contributed by atoms with Gasteiger partial charge in [0, 0.05) is 11.7 Å². The van der Waals surface area contributed by atoms with Crippen LogP contribution in [0.1, 0.15) is 20.8 Å². The largest absolute Gasteiger partial charge is 0.377 e. The van der Waals surface area contributed by atoms with Crippen LogP contribution < -0.4 is 5.32 Å². The molecule has 0 spiro atoms. The van der Waals surface area contributed by atoms with Crippen molar-refractivity contribution in [1.29, 1.82) is 0 Å². The Bertz CT molecular complexity index is 287. The van der Waals surface area contributed by atoms with Crippen LogP contribution in [0.4, 0.5) is 0 Å². The molecule has 70 valence electrons. The van der Waals surface area contributed by atoms with E-state index < -0.39 is 10.0 Å². The quantitative estimate of drug-likeness (QED) is 0.603. The highest BCUT2D eigenvalue weighted by Crippen LogP contribution is 2.19. The molecule has 0 amide bonds. The van der Waals surface area contributed by atoms with E-state index in [0.29, 0.717) is 6.67 Å². The van der Waals surface area contributed by atoms with Crippen LogP contribution in [0.3, 0.4) is 0 Å². The summed E-state index contributed by atoms with van der Waals surface area (Å²) in [6, 6.07) is 0. The lowest BCUT2D eigenvalue weighted by Gasteiger charge is -2.34. The zero-order valence-corrected chi connectivity index (χ0v) is 8.35. The van der Waals surface area contributed by atoms with E-state index in [2.05, 4.69) is 5.32 Å². The van der Waals surface area contributed by atoms with E-state index in [4.69, 9.17) is 0 Å². The van der Waals surface area contributed by atoms with Crippen molar-refractivity contribution in [1.82, 2.24) is 9.62 Å². The van der Waals surface area contributed by atoms with Gasteiger partial charge in [0.05, 0.1) is 12.1 Å². The predicted octanol–water partition coefficient (Wildman–Crippen LogP) is 0.449. The molecule has 0 bridgehead atoms. The molecule has 0 aromatic carbocycles. The van der Waals surface area contributed by atoms with Crippen molar-refractivity contribution in [3.05, 3.63) is 11.6 Å². The minimum Gasteiger partial charge on any atom is -0.377 e. The van der Waals surface area contributed by atoms with Gasteiger partial charge in [0.1, 0.15) is 0 Å². The average Bonchev–Trinajstić information content (AvgIpc) is 1.83. The van der Waals surface area contributed by atoms with Crippen LogP contribution in [0.5, 0.6) is 0 Å². The third-order valence-electron chi connectivity index (χ3n) is 1.65. The maximum Gasteiger partial charge on any atom is 0.239 e.